The Labute approximate surface area is 157 Å². The first-order valence-corrected chi connectivity index (χ1v) is 8.77. The molecule has 0 saturated carbocycles. The third-order valence-electron chi connectivity index (χ3n) is 4.72. The molecule has 0 aliphatic carbocycles. The van der Waals surface area contributed by atoms with E-state index in [1.165, 1.54) is 11.0 Å². The molecule has 0 radical (unpaired) electrons. The van der Waals surface area contributed by atoms with Crippen LogP contribution in [-0.4, -0.2) is 35.9 Å². The number of rotatable bonds is 5. The van der Waals surface area contributed by atoms with Gasteiger partial charge in [0.15, 0.2) is 0 Å². The van der Waals surface area contributed by atoms with Crippen LogP contribution in [0, 0.1) is 21.4 Å². The molecule has 1 saturated heterocycles. The maximum absolute atomic E-state index is 12.7. The summed E-state index contributed by atoms with van der Waals surface area (Å²) >= 11 is 0. The number of carbonyl (C=O) groups excluding carboxylic acids is 1. The van der Waals surface area contributed by atoms with Crippen LogP contribution in [0.5, 0.6) is 0 Å². The van der Waals surface area contributed by atoms with Gasteiger partial charge >= 0.3 is 0 Å². The van der Waals surface area contributed by atoms with E-state index in [1.54, 1.807) is 43.4 Å². The summed E-state index contributed by atoms with van der Waals surface area (Å²) in [6.45, 7) is 1.95. The topological polar surface area (TPSA) is 90.5 Å². The maximum Gasteiger partial charge on any atom is 0.293 e. The highest BCUT2D eigenvalue weighted by Crippen LogP contribution is 2.32. The van der Waals surface area contributed by atoms with Crippen LogP contribution in [-0.2, 0) is 6.54 Å². The molecule has 1 amide bonds. The lowest BCUT2D eigenvalue weighted by Crippen LogP contribution is -2.26. The molecule has 0 bridgehead atoms. The van der Waals surface area contributed by atoms with E-state index in [1.807, 2.05) is 4.90 Å². The number of hydrogen-bond donors (Lipinski definition) is 0. The van der Waals surface area contributed by atoms with Gasteiger partial charge in [0, 0.05) is 38.3 Å². The first-order chi connectivity index (χ1) is 13.0. The Morgan fingerprint density at radius 2 is 1.89 bits per heavy atom. The van der Waals surface area contributed by atoms with Crippen LogP contribution in [0.15, 0.2) is 42.5 Å². The predicted octanol–water partition coefficient (Wildman–Crippen LogP) is 3.34. The monoisotopic (exact) mass is 364 g/mol. The van der Waals surface area contributed by atoms with Gasteiger partial charge in [-0.2, -0.15) is 5.26 Å². The van der Waals surface area contributed by atoms with E-state index >= 15 is 0 Å². The van der Waals surface area contributed by atoms with Gasteiger partial charge in [-0.3, -0.25) is 14.9 Å². The van der Waals surface area contributed by atoms with Gasteiger partial charge in [-0.15, -0.1) is 0 Å². The molecule has 1 fully saturated rings. The average molecular weight is 364 g/mol. The van der Waals surface area contributed by atoms with E-state index in [0.29, 0.717) is 23.4 Å². The van der Waals surface area contributed by atoms with Crippen molar-refractivity contribution in [1.82, 2.24) is 4.90 Å². The Morgan fingerprint density at radius 1 is 1.22 bits per heavy atom. The molecule has 0 unspecified atom stereocenters. The van der Waals surface area contributed by atoms with Gasteiger partial charge in [-0.1, -0.05) is 12.1 Å². The second-order valence-corrected chi connectivity index (χ2v) is 6.62. The lowest BCUT2D eigenvalue weighted by molar-refractivity contribution is -0.384. The zero-order chi connectivity index (χ0) is 19.4. The highest BCUT2D eigenvalue weighted by molar-refractivity contribution is 5.95. The van der Waals surface area contributed by atoms with Crippen molar-refractivity contribution in [2.24, 2.45) is 0 Å². The van der Waals surface area contributed by atoms with E-state index in [4.69, 9.17) is 5.26 Å². The van der Waals surface area contributed by atoms with E-state index in [-0.39, 0.29) is 11.6 Å². The van der Waals surface area contributed by atoms with Gasteiger partial charge in [0.2, 0.25) is 0 Å². The SMILES string of the molecule is CN(Cc1ccc(C#N)cc1)C(=O)c1ccc(N2CCCC2)c([N+](=O)[O-])c1. The van der Waals surface area contributed by atoms with Crippen LogP contribution in [0.4, 0.5) is 11.4 Å². The molecule has 1 aliphatic heterocycles. The third kappa shape index (κ3) is 4.06. The molecule has 138 valence electrons. The van der Waals surface area contributed by atoms with Crippen molar-refractivity contribution in [1.29, 1.82) is 5.26 Å². The molecular formula is C20H20N4O3. The quantitative estimate of drug-likeness (QED) is 0.599. The molecular weight excluding hydrogens is 344 g/mol. The van der Waals surface area contributed by atoms with Crippen LogP contribution < -0.4 is 4.90 Å². The summed E-state index contributed by atoms with van der Waals surface area (Å²) in [7, 11) is 1.65. The molecule has 27 heavy (non-hydrogen) atoms. The van der Waals surface area contributed by atoms with Crippen molar-refractivity contribution in [3.05, 3.63) is 69.3 Å². The third-order valence-corrected chi connectivity index (χ3v) is 4.72. The van der Waals surface area contributed by atoms with Crippen molar-refractivity contribution < 1.29 is 9.72 Å². The summed E-state index contributed by atoms with van der Waals surface area (Å²) in [6.07, 6.45) is 2.04. The van der Waals surface area contributed by atoms with Gasteiger partial charge in [0.1, 0.15) is 5.69 Å². The summed E-state index contributed by atoms with van der Waals surface area (Å²) in [5.41, 5.74) is 2.27. The molecule has 0 atom stereocenters. The van der Waals surface area contributed by atoms with Crippen molar-refractivity contribution in [2.45, 2.75) is 19.4 Å². The molecule has 0 aromatic heterocycles. The minimum atomic E-state index is -0.426. The molecule has 7 heteroatoms. The highest BCUT2D eigenvalue weighted by Gasteiger charge is 2.24. The largest absolute Gasteiger partial charge is 0.366 e. The van der Waals surface area contributed by atoms with E-state index in [2.05, 4.69) is 6.07 Å². The molecule has 0 spiro atoms. The van der Waals surface area contributed by atoms with Crippen molar-refractivity contribution in [2.75, 3.05) is 25.0 Å². The summed E-state index contributed by atoms with van der Waals surface area (Å²) in [4.78, 5) is 27.3. The fourth-order valence-electron chi connectivity index (χ4n) is 3.28. The zero-order valence-corrected chi connectivity index (χ0v) is 15.1. The van der Waals surface area contributed by atoms with E-state index in [9.17, 15) is 14.9 Å². The Bertz CT molecular complexity index is 896. The number of amides is 1. The van der Waals surface area contributed by atoms with Crippen molar-refractivity contribution >= 4 is 17.3 Å². The second-order valence-electron chi connectivity index (χ2n) is 6.62. The first kappa shape index (κ1) is 18.4. The summed E-state index contributed by atoms with van der Waals surface area (Å²) in [5.74, 6) is -0.282. The lowest BCUT2D eigenvalue weighted by Gasteiger charge is -2.20. The fraction of sp³-hybridized carbons (Fsp3) is 0.300. The minimum Gasteiger partial charge on any atom is -0.366 e. The van der Waals surface area contributed by atoms with Crippen LogP contribution in [0.2, 0.25) is 0 Å². The lowest BCUT2D eigenvalue weighted by atomic mass is 10.1. The van der Waals surface area contributed by atoms with E-state index < -0.39 is 4.92 Å². The van der Waals surface area contributed by atoms with Crippen LogP contribution in [0.25, 0.3) is 0 Å². The molecule has 1 heterocycles. The number of hydrogen-bond acceptors (Lipinski definition) is 5. The normalized spacial score (nSPS) is 13.3. The number of nitriles is 1. The van der Waals surface area contributed by atoms with Gasteiger partial charge in [-0.05, 0) is 42.7 Å². The van der Waals surface area contributed by atoms with Crippen LogP contribution in [0.1, 0.15) is 34.3 Å². The summed E-state index contributed by atoms with van der Waals surface area (Å²) < 4.78 is 0. The van der Waals surface area contributed by atoms with Gasteiger partial charge in [0.25, 0.3) is 11.6 Å². The molecule has 2 aromatic carbocycles. The Hall–Kier alpha value is -3.40. The second kappa shape index (κ2) is 7.87. The van der Waals surface area contributed by atoms with Gasteiger partial charge in [-0.25, -0.2) is 0 Å². The van der Waals surface area contributed by atoms with Crippen molar-refractivity contribution in [3.8, 4) is 6.07 Å². The number of benzene rings is 2. The van der Waals surface area contributed by atoms with E-state index in [0.717, 1.165) is 31.5 Å². The minimum absolute atomic E-state index is 0.0328. The molecule has 3 rings (SSSR count). The Morgan fingerprint density at radius 3 is 2.48 bits per heavy atom. The van der Waals surface area contributed by atoms with Gasteiger partial charge in [0.05, 0.1) is 16.6 Å². The smallest absolute Gasteiger partial charge is 0.293 e. The maximum atomic E-state index is 12.7. The highest BCUT2D eigenvalue weighted by atomic mass is 16.6. The number of nitro benzene ring substituents is 1. The van der Waals surface area contributed by atoms with Crippen LogP contribution in [0.3, 0.4) is 0 Å². The van der Waals surface area contributed by atoms with Crippen LogP contribution >= 0.6 is 0 Å². The molecule has 7 nitrogen and oxygen atoms in total. The Balaban J connectivity index is 1.79. The molecule has 0 N–H and O–H groups in total. The fourth-order valence-corrected chi connectivity index (χ4v) is 3.28. The Kier molecular flexibility index (Phi) is 5.36. The number of carbonyl (C=O) groups is 1. The first-order valence-electron chi connectivity index (χ1n) is 8.77. The molecule has 1 aliphatic rings. The van der Waals surface area contributed by atoms with Gasteiger partial charge < -0.3 is 9.80 Å². The predicted molar refractivity (Wildman–Crippen MR) is 101 cm³/mol. The summed E-state index contributed by atoms with van der Waals surface area (Å²) in [5, 5.41) is 20.3. The number of anilines is 1. The summed E-state index contributed by atoms with van der Waals surface area (Å²) in [6, 6.07) is 13.7. The standard InChI is InChI=1S/C20H20N4O3/c1-22(14-16-6-4-15(13-21)5-7-16)20(25)17-8-9-18(19(12-17)24(26)27)23-10-2-3-11-23/h4-9,12H,2-3,10-11,14H2,1H3. The number of nitro groups is 1. The van der Waals surface area contributed by atoms with Crippen molar-refractivity contribution in [3.63, 3.8) is 0 Å². The zero-order valence-electron chi connectivity index (χ0n) is 15.1. The number of nitrogens with zero attached hydrogens (tertiary/aromatic N) is 4. The average Bonchev–Trinajstić information content (AvgIpc) is 3.22. The molecule has 2 aromatic rings.